The molecular formula is C16H26N4. The van der Waals surface area contributed by atoms with Crippen LogP contribution in [0.5, 0.6) is 0 Å². The van der Waals surface area contributed by atoms with E-state index in [0.29, 0.717) is 6.04 Å². The third-order valence-electron chi connectivity index (χ3n) is 3.41. The zero-order valence-electron chi connectivity index (χ0n) is 12.9. The molecule has 0 saturated carbocycles. The Morgan fingerprint density at radius 1 is 1.20 bits per heavy atom. The molecule has 0 aliphatic heterocycles. The van der Waals surface area contributed by atoms with Crippen LogP contribution in [0.4, 0.5) is 11.6 Å². The molecule has 1 aromatic heterocycles. The third kappa shape index (κ3) is 4.83. The fourth-order valence-electron chi connectivity index (χ4n) is 2.51. The largest absolute Gasteiger partial charge is 0.370 e. The molecule has 2 rings (SSSR count). The molecule has 0 radical (unpaired) electrons. The molecule has 1 aliphatic carbocycles. The highest BCUT2D eigenvalue weighted by molar-refractivity contribution is 5.47. The SMILES string of the molecule is Cc1nc(NCCC2=CCCCC2)cc(NC(C)C)n1. The van der Waals surface area contributed by atoms with Crippen LogP contribution in [0.15, 0.2) is 17.7 Å². The molecule has 4 nitrogen and oxygen atoms in total. The third-order valence-corrected chi connectivity index (χ3v) is 3.41. The molecule has 0 atom stereocenters. The Kier molecular flexibility index (Phi) is 5.39. The number of nitrogens with zero attached hydrogens (tertiary/aromatic N) is 2. The van der Waals surface area contributed by atoms with Gasteiger partial charge in [0.1, 0.15) is 17.5 Å². The van der Waals surface area contributed by atoms with E-state index in [-0.39, 0.29) is 0 Å². The first kappa shape index (κ1) is 14.8. The summed E-state index contributed by atoms with van der Waals surface area (Å²) in [6.07, 6.45) is 8.75. The first-order valence-electron chi connectivity index (χ1n) is 7.67. The van der Waals surface area contributed by atoms with E-state index >= 15 is 0 Å². The fourth-order valence-corrected chi connectivity index (χ4v) is 2.51. The zero-order valence-corrected chi connectivity index (χ0v) is 12.9. The molecule has 0 spiro atoms. The Bertz CT molecular complexity index is 466. The zero-order chi connectivity index (χ0) is 14.4. The molecular weight excluding hydrogens is 248 g/mol. The molecule has 0 unspecified atom stereocenters. The number of hydrogen-bond acceptors (Lipinski definition) is 4. The van der Waals surface area contributed by atoms with Crippen LogP contribution in [0.3, 0.4) is 0 Å². The minimum atomic E-state index is 0.379. The lowest BCUT2D eigenvalue weighted by Crippen LogP contribution is -2.13. The second-order valence-electron chi connectivity index (χ2n) is 5.77. The lowest BCUT2D eigenvalue weighted by atomic mass is 9.97. The van der Waals surface area contributed by atoms with Crippen LogP contribution in [0.25, 0.3) is 0 Å². The maximum Gasteiger partial charge on any atom is 0.131 e. The van der Waals surface area contributed by atoms with Crippen molar-refractivity contribution in [2.75, 3.05) is 17.2 Å². The van der Waals surface area contributed by atoms with Gasteiger partial charge in [-0.2, -0.15) is 0 Å². The van der Waals surface area contributed by atoms with Gasteiger partial charge in [0.25, 0.3) is 0 Å². The van der Waals surface area contributed by atoms with Crippen molar-refractivity contribution in [2.24, 2.45) is 0 Å². The van der Waals surface area contributed by atoms with E-state index in [1.54, 1.807) is 5.57 Å². The quantitative estimate of drug-likeness (QED) is 0.772. The predicted octanol–water partition coefficient (Wildman–Crippen LogP) is 3.91. The maximum absolute atomic E-state index is 4.44. The predicted molar refractivity (Wildman–Crippen MR) is 85.2 cm³/mol. The van der Waals surface area contributed by atoms with E-state index in [9.17, 15) is 0 Å². The number of aryl methyl sites for hydroxylation is 1. The number of rotatable bonds is 6. The van der Waals surface area contributed by atoms with Crippen molar-refractivity contribution in [1.29, 1.82) is 0 Å². The summed E-state index contributed by atoms with van der Waals surface area (Å²) in [6.45, 7) is 7.10. The minimum Gasteiger partial charge on any atom is -0.370 e. The van der Waals surface area contributed by atoms with Crippen molar-refractivity contribution >= 4 is 11.6 Å². The first-order chi connectivity index (χ1) is 9.63. The Labute approximate surface area is 122 Å². The van der Waals surface area contributed by atoms with E-state index in [1.807, 2.05) is 13.0 Å². The van der Waals surface area contributed by atoms with E-state index in [2.05, 4.69) is 40.5 Å². The van der Waals surface area contributed by atoms with E-state index in [1.165, 1.54) is 25.7 Å². The number of allylic oxidation sites excluding steroid dienone is 1. The lowest BCUT2D eigenvalue weighted by molar-refractivity contribution is 0.679. The molecule has 0 bridgehead atoms. The summed E-state index contributed by atoms with van der Waals surface area (Å²) in [5, 5.41) is 6.74. The van der Waals surface area contributed by atoms with Crippen molar-refractivity contribution in [1.82, 2.24) is 9.97 Å². The van der Waals surface area contributed by atoms with Crippen molar-refractivity contribution in [2.45, 2.75) is 58.9 Å². The monoisotopic (exact) mass is 274 g/mol. The molecule has 20 heavy (non-hydrogen) atoms. The van der Waals surface area contributed by atoms with Crippen molar-refractivity contribution in [3.8, 4) is 0 Å². The normalized spacial score (nSPS) is 15.1. The topological polar surface area (TPSA) is 49.8 Å². The van der Waals surface area contributed by atoms with Crippen LogP contribution in [-0.4, -0.2) is 22.6 Å². The molecule has 1 heterocycles. The smallest absolute Gasteiger partial charge is 0.131 e. The summed E-state index contributed by atoms with van der Waals surface area (Å²) < 4.78 is 0. The molecule has 0 amide bonds. The van der Waals surface area contributed by atoms with Crippen LogP contribution in [-0.2, 0) is 0 Å². The van der Waals surface area contributed by atoms with Crippen LogP contribution in [0, 0.1) is 6.92 Å². The van der Waals surface area contributed by atoms with E-state index in [4.69, 9.17) is 0 Å². The van der Waals surface area contributed by atoms with Crippen LogP contribution in [0.1, 0.15) is 51.8 Å². The maximum atomic E-state index is 4.44. The summed E-state index contributed by atoms with van der Waals surface area (Å²) in [5.74, 6) is 2.61. The molecule has 2 N–H and O–H groups in total. The summed E-state index contributed by atoms with van der Waals surface area (Å²) in [7, 11) is 0. The average Bonchev–Trinajstić information content (AvgIpc) is 2.38. The minimum absolute atomic E-state index is 0.379. The number of anilines is 2. The molecule has 0 saturated heterocycles. The highest BCUT2D eigenvalue weighted by Gasteiger charge is 2.05. The molecule has 110 valence electrons. The van der Waals surface area contributed by atoms with Gasteiger partial charge in [-0.15, -0.1) is 0 Å². The highest BCUT2D eigenvalue weighted by Crippen LogP contribution is 2.20. The molecule has 1 aromatic rings. The Hall–Kier alpha value is -1.58. The summed E-state index contributed by atoms with van der Waals surface area (Å²) in [4.78, 5) is 8.84. The Morgan fingerprint density at radius 3 is 2.70 bits per heavy atom. The van der Waals surface area contributed by atoms with Crippen LogP contribution < -0.4 is 10.6 Å². The summed E-state index contributed by atoms with van der Waals surface area (Å²) in [5.41, 5.74) is 1.59. The number of aromatic nitrogens is 2. The summed E-state index contributed by atoms with van der Waals surface area (Å²) in [6, 6.07) is 2.37. The number of nitrogens with one attached hydrogen (secondary N) is 2. The Balaban J connectivity index is 1.88. The van der Waals surface area contributed by atoms with Gasteiger partial charge in [0.2, 0.25) is 0 Å². The van der Waals surface area contributed by atoms with Crippen LogP contribution >= 0.6 is 0 Å². The lowest BCUT2D eigenvalue weighted by Gasteiger charge is -2.14. The van der Waals surface area contributed by atoms with Gasteiger partial charge in [0, 0.05) is 18.7 Å². The van der Waals surface area contributed by atoms with E-state index < -0.39 is 0 Å². The van der Waals surface area contributed by atoms with E-state index in [0.717, 1.165) is 30.4 Å². The van der Waals surface area contributed by atoms with Crippen molar-refractivity contribution in [3.63, 3.8) is 0 Å². The van der Waals surface area contributed by atoms with Gasteiger partial charge in [0.15, 0.2) is 0 Å². The highest BCUT2D eigenvalue weighted by atomic mass is 15.1. The van der Waals surface area contributed by atoms with Crippen molar-refractivity contribution in [3.05, 3.63) is 23.5 Å². The van der Waals surface area contributed by atoms with Gasteiger partial charge in [-0.25, -0.2) is 9.97 Å². The average molecular weight is 274 g/mol. The van der Waals surface area contributed by atoms with Gasteiger partial charge < -0.3 is 10.6 Å². The molecule has 0 fully saturated rings. The number of hydrogen-bond donors (Lipinski definition) is 2. The van der Waals surface area contributed by atoms with Crippen LogP contribution in [0.2, 0.25) is 0 Å². The molecule has 1 aliphatic rings. The fraction of sp³-hybridized carbons (Fsp3) is 0.625. The molecule has 4 heteroatoms. The van der Waals surface area contributed by atoms with Gasteiger partial charge in [-0.05, 0) is 52.9 Å². The van der Waals surface area contributed by atoms with Gasteiger partial charge >= 0.3 is 0 Å². The first-order valence-corrected chi connectivity index (χ1v) is 7.67. The second kappa shape index (κ2) is 7.27. The standard InChI is InChI=1S/C16H26N4/c1-12(2)18-16-11-15(19-13(3)20-16)17-10-9-14-7-5-4-6-8-14/h7,11-12H,4-6,8-10H2,1-3H3,(H2,17,18,19,20). The van der Waals surface area contributed by atoms with Gasteiger partial charge in [0.05, 0.1) is 0 Å². The van der Waals surface area contributed by atoms with Crippen molar-refractivity contribution < 1.29 is 0 Å². The van der Waals surface area contributed by atoms with Gasteiger partial charge in [-0.3, -0.25) is 0 Å². The molecule has 0 aromatic carbocycles. The van der Waals surface area contributed by atoms with Gasteiger partial charge in [-0.1, -0.05) is 11.6 Å². The second-order valence-corrected chi connectivity index (χ2v) is 5.77. The summed E-state index contributed by atoms with van der Waals surface area (Å²) >= 11 is 0. The Morgan fingerprint density at radius 2 is 2.00 bits per heavy atom.